The molecule has 0 aliphatic heterocycles. The molecule has 0 aliphatic carbocycles. The van der Waals surface area contributed by atoms with Gasteiger partial charge < -0.3 is 24.1 Å². The molecule has 0 unspecified atom stereocenters. The average Bonchev–Trinajstić information content (AvgIpc) is 2.69. The lowest BCUT2D eigenvalue weighted by atomic mass is 10.2. The van der Waals surface area contributed by atoms with Gasteiger partial charge >= 0.3 is 0 Å². The Morgan fingerprint density at radius 2 is 0.962 bits per heavy atom. The van der Waals surface area contributed by atoms with E-state index < -0.39 is 6.10 Å². The number of hydrogen-bond acceptors (Lipinski definition) is 5. The molecule has 1 N–H and O–H groups in total. The van der Waals surface area contributed by atoms with E-state index in [1.165, 1.54) is 0 Å². The molecule has 5 heteroatoms. The molecule has 2 aromatic carbocycles. The Bertz CT molecular complexity index is 510. The van der Waals surface area contributed by atoms with Crippen LogP contribution in [0.15, 0.2) is 60.7 Å². The number of benzene rings is 2. The second-order valence-corrected chi connectivity index (χ2v) is 5.88. The highest BCUT2D eigenvalue weighted by Gasteiger charge is 2.04. The van der Waals surface area contributed by atoms with Crippen molar-refractivity contribution in [3.63, 3.8) is 0 Å². The molecule has 5 nitrogen and oxygen atoms in total. The lowest BCUT2D eigenvalue weighted by Gasteiger charge is -2.12. The third-order valence-corrected chi connectivity index (χ3v) is 3.59. The van der Waals surface area contributed by atoms with E-state index in [0.29, 0.717) is 39.6 Å². The summed E-state index contributed by atoms with van der Waals surface area (Å²) in [4.78, 5) is 0. The molecule has 0 fully saturated rings. The Hall–Kier alpha value is -1.76. The van der Waals surface area contributed by atoms with Crippen molar-refractivity contribution in [2.45, 2.75) is 19.3 Å². The van der Waals surface area contributed by atoms with Crippen LogP contribution in [0.2, 0.25) is 0 Å². The molecule has 0 bridgehead atoms. The summed E-state index contributed by atoms with van der Waals surface area (Å²) in [6.45, 7) is 3.50. The maximum Gasteiger partial charge on any atom is 0.101 e. The van der Waals surface area contributed by atoms with Crippen molar-refractivity contribution in [1.82, 2.24) is 0 Å². The summed E-state index contributed by atoms with van der Waals surface area (Å²) >= 11 is 0. The van der Waals surface area contributed by atoms with Crippen LogP contribution in [-0.2, 0) is 32.2 Å². The Morgan fingerprint density at radius 3 is 1.38 bits per heavy atom. The monoisotopic (exact) mass is 360 g/mol. The van der Waals surface area contributed by atoms with Crippen molar-refractivity contribution < 1.29 is 24.1 Å². The first-order chi connectivity index (χ1) is 12.8. The molecule has 0 atom stereocenters. The van der Waals surface area contributed by atoms with Gasteiger partial charge in [-0.25, -0.2) is 0 Å². The van der Waals surface area contributed by atoms with Crippen LogP contribution in [0.25, 0.3) is 0 Å². The van der Waals surface area contributed by atoms with E-state index in [-0.39, 0.29) is 13.2 Å². The standard InChI is InChI=1S/C21H28O5/c22-21(17-25-13-11-23-15-19-7-3-1-4-8-19)18-26-14-12-24-16-20-9-5-2-6-10-20/h1-10,21-22H,11-18H2. The predicted molar refractivity (Wildman–Crippen MR) is 99.8 cm³/mol. The molecule has 0 saturated heterocycles. The fourth-order valence-corrected chi connectivity index (χ4v) is 2.25. The van der Waals surface area contributed by atoms with Crippen molar-refractivity contribution >= 4 is 0 Å². The number of aliphatic hydroxyl groups is 1. The van der Waals surface area contributed by atoms with E-state index in [4.69, 9.17) is 18.9 Å². The van der Waals surface area contributed by atoms with Crippen LogP contribution in [-0.4, -0.2) is 50.9 Å². The van der Waals surface area contributed by atoms with Crippen molar-refractivity contribution in [3.05, 3.63) is 71.8 Å². The summed E-state index contributed by atoms with van der Waals surface area (Å²) < 4.78 is 21.8. The smallest absolute Gasteiger partial charge is 0.101 e. The highest BCUT2D eigenvalue weighted by Crippen LogP contribution is 2.01. The van der Waals surface area contributed by atoms with Gasteiger partial charge in [0, 0.05) is 0 Å². The number of ether oxygens (including phenoxy) is 4. The molecule has 0 radical (unpaired) electrons. The van der Waals surface area contributed by atoms with E-state index in [0.717, 1.165) is 11.1 Å². The minimum atomic E-state index is -0.641. The van der Waals surface area contributed by atoms with Crippen LogP contribution in [0.3, 0.4) is 0 Å². The van der Waals surface area contributed by atoms with Crippen LogP contribution in [0.1, 0.15) is 11.1 Å². The van der Waals surface area contributed by atoms with E-state index in [1.54, 1.807) is 0 Å². The van der Waals surface area contributed by atoms with Gasteiger partial charge in [-0.05, 0) is 11.1 Å². The highest BCUT2D eigenvalue weighted by atomic mass is 16.5. The maximum atomic E-state index is 9.79. The maximum absolute atomic E-state index is 9.79. The molecule has 0 amide bonds. The lowest BCUT2D eigenvalue weighted by Crippen LogP contribution is -2.23. The van der Waals surface area contributed by atoms with Gasteiger partial charge in [-0.15, -0.1) is 0 Å². The van der Waals surface area contributed by atoms with Crippen molar-refractivity contribution in [3.8, 4) is 0 Å². The first-order valence-corrected chi connectivity index (χ1v) is 8.91. The summed E-state index contributed by atoms with van der Waals surface area (Å²) in [7, 11) is 0. The Balaban J connectivity index is 1.36. The summed E-state index contributed by atoms with van der Waals surface area (Å²) in [5, 5.41) is 9.79. The van der Waals surface area contributed by atoms with E-state index in [1.807, 2.05) is 60.7 Å². The zero-order valence-electron chi connectivity index (χ0n) is 15.1. The van der Waals surface area contributed by atoms with Gasteiger partial charge in [0.2, 0.25) is 0 Å². The Labute approximate surface area is 155 Å². The molecule has 2 aromatic rings. The topological polar surface area (TPSA) is 57.2 Å². The lowest BCUT2D eigenvalue weighted by molar-refractivity contribution is -0.0434. The van der Waals surface area contributed by atoms with Gasteiger partial charge in [0.15, 0.2) is 0 Å². The molecular weight excluding hydrogens is 332 g/mol. The fraction of sp³-hybridized carbons (Fsp3) is 0.429. The van der Waals surface area contributed by atoms with Crippen LogP contribution in [0.5, 0.6) is 0 Å². The predicted octanol–water partition coefficient (Wildman–Crippen LogP) is 2.81. The largest absolute Gasteiger partial charge is 0.388 e. The van der Waals surface area contributed by atoms with Gasteiger partial charge in [-0.3, -0.25) is 0 Å². The quantitative estimate of drug-likeness (QED) is 0.525. The third-order valence-electron chi connectivity index (χ3n) is 3.59. The van der Waals surface area contributed by atoms with E-state index in [9.17, 15) is 5.11 Å². The molecular formula is C21H28O5. The molecule has 2 rings (SSSR count). The number of hydrogen-bond donors (Lipinski definition) is 1. The van der Waals surface area contributed by atoms with Crippen LogP contribution < -0.4 is 0 Å². The summed E-state index contributed by atoms with van der Waals surface area (Å²) in [5.74, 6) is 0. The van der Waals surface area contributed by atoms with Gasteiger partial charge in [0.25, 0.3) is 0 Å². The molecule has 26 heavy (non-hydrogen) atoms. The molecule has 0 aromatic heterocycles. The SMILES string of the molecule is OC(COCCOCc1ccccc1)COCCOCc1ccccc1. The van der Waals surface area contributed by atoms with Gasteiger partial charge in [-0.2, -0.15) is 0 Å². The Morgan fingerprint density at radius 1 is 0.577 bits per heavy atom. The molecule has 0 heterocycles. The third kappa shape index (κ3) is 9.65. The number of rotatable bonds is 14. The minimum absolute atomic E-state index is 0.236. The van der Waals surface area contributed by atoms with Gasteiger partial charge in [0.1, 0.15) is 6.10 Å². The minimum Gasteiger partial charge on any atom is -0.388 e. The normalized spacial score (nSPS) is 11.2. The molecule has 0 aliphatic rings. The van der Waals surface area contributed by atoms with E-state index >= 15 is 0 Å². The fourth-order valence-electron chi connectivity index (χ4n) is 2.25. The van der Waals surface area contributed by atoms with E-state index in [2.05, 4.69) is 0 Å². The zero-order valence-corrected chi connectivity index (χ0v) is 15.1. The second-order valence-electron chi connectivity index (χ2n) is 5.88. The van der Waals surface area contributed by atoms with Crippen LogP contribution >= 0.6 is 0 Å². The molecule has 142 valence electrons. The Kier molecular flexibility index (Phi) is 10.6. The van der Waals surface area contributed by atoms with Crippen LogP contribution in [0.4, 0.5) is 0 Å². The van der Waals surface area contributed by atoms with Gasteiger partial charge in [-0.1, -0.05) is 60.7 Å². The average molecular weight is 360 g/mol. The first kappa shape index (κ1) is 20.6. The first-order valence-electron chi connectivity index (χ1n) is 8.91. The van der Waals surface area contributed by atoms with Crippen molar-refractivity contribution in [2.24, 2.45) is 0 Å². The summed E-state index contributed by atoms with van der Waals surface area (Å²) in [6, 6.07) is 20.0. The zero-order chi connectivity index (χ0) is 18.3. The van der Waals surface area contributed by atoms with Crippen molar-refractivity contribution in [1.29, 1.82) is 0 Å². The summed E-state index contributed by atoms with van der Waals surface area (Å²) in [6.07, 6.45) is -0.641. The van der Waals surface area contributed by atoms with Gasteiger partial charge in [0.05, 0.1) is 52.9 Å². The summed E-state index contributed by atoms with van der Waals surface area (Å²) in [5.41, 5.74) is 2.27. The van der Waals surface area contributed by atoms with Crippen LogP contribution in [0, 0.1) is 0 Å². The van der Waals surface area contributed by atoms with Crippen molar-refractivity contribution in [2.75, 3.05) is 39.6 Å². The molecule has 0 saturated carbocycles. The highest BCUT2D eigenvalue weighted by molar-refractivity contribution is 5.14. The second kappa shape index (κ2) is 13.4. The number of aliphatic hydroxyl groups excluding tert-OH is 1. The molecule has 0 spiro atoms.